The molecule has 2 aromatic heterocycles. The minimum atomic E-state index is -2.74. The number of rotatable bonds is 5. The lowest BCUT2D eigenvalue weighted by Gasteiger charge is -2.36. The summed E-state index contributed by atoms with van der Waals surface area (Å²) in [5, 5.41) is 7.99. The number of aromatic nitrogens is 3. The molecule has 0 radical (unpaired) electrons. The fraction of sp³-hybridized carbons (Fsp3) is 0.0364. The highest BCUT2D eigenvalue weighted by atomic mass is 28.3. The number of nitrogens with zero attached hydrogens (tertiary/aromatic N) is 3. The summed E-state index contributed by atoms with van der Waals surface area (Å²) in [6.07, 6.45) is 9.42. The summed E-state index contributed by atoms with van der Waals surface area (Å²) in [6.45, 7) is 0. The third-order valence-electron chi connectivity index (χ3n) is 12.7. The third-order valence-corrected chi connectivity index (χ3v) is 17.5. The number of fused-ring (bicyclic) bond motifs is 14. The van der Waals surface area contributed by atoms with Crippen LogP contribution in [0.5, 0.6) is 0 Å². The van der Waals surface area contributed by atoms with Crippen molar-refractivity contribution >= 4 is 56.5 Å². The van der Waals surface area contributed by atoms with Crippen LogP contribution in [-0.4, -0.2) is 22.2 Å². The molecule has 0 unspecified atom stereocenters. The zero-order valence-corrected chi connectivity index (χ0v) is 33.5. The molecule has 8 aromatic carbocycles. The first-order valence-electron chi connectivity index (χ1n) is 20.6. The van der Waals surface area contributed by atoms with Gasteiger partial charge in [0.05, 0.1) is 22.2 Å². The molecule has 1 aliphatic heterocycles. The first-order chi connectivity index (χ1) is 29.3. The van der Waals surface area contributed by atoms with Crippen molar-refractivity contribution in [3.05, 3.63) is 218 Å². The second kappa shape index (κ2) is 13.4. The number of hydrogen-bond acceptors (Lipinski definition) is 1. The predicted octanol–water partition coefficient (Wildman–Crippen LogP) is 11.7. The van der Waals surface area contributed by atoms with E-state index in [1.807, 2.05) is 0 Å². The van der Waals surface area contributed by atoms with Crippen LogP contribution in [0.2, 0.25) is 0 Å². The Morgan fingerprint density at radius 3 is 1.78 bits per heavy atom. The SMILES string of the molecule is C1=CC([Si](c2ccccc2)(c2ccccc2)c2cccc(-n3c4ccccc4c4ccc5c(nc6n5-c5ccccc5-c5ccccc5-c5ccccc5-6)c43)c2)=CCC1. The van der Waals surface area contributed by atoms with Crippen LogP contribution in [0, 0.1) is 0 Å². The fourth-order valence-corrected chi connectivity index (χ4v) is 15.1. The van der Waals surface area contributed by atoms with Gasteiger partial charge < -0.3 is 4.57 Å². The van der Waals surface area contributed by atoms with Crippen LogP contribution in [0.15, 0.2) is 218 Å². The van der Waals surface area contributed by atoms with E-state index in [1.165, 1.54) is 59.3 Å². The molecule has 0 amide bonds. The van der Waals surface area contributed by atoms with Gasteiger partial charge in [0.2, 0.25) is 0 Å². The van der Waals surface area contributed by atoms with Gasteiger partial charge in [0, 0.05) is 27.6 Å². The van der Waals surface area contributed by atoms with Gasteiger partial charge in [-0.25, -0.2) is 4.98 Å². The molecule has 0 spiro atoms. The molecule has 2 aliphatic rings. The van der Waals surface area contributed by atoms with Crippen LogP contribution in [0.4, 0.5) is 0 Å². The molecule has 1 aliphatic carbocycles. The van der Waals surface area contributed by atoms with Crippen molar-refractivity contribution in [3.63, 3.8) is 0 Å². The Hall–Kier alpha value is -7.27. The Morgan fingerprint density at radius 1 is 0.441 bits per heavy atom. The predicted molar refractivity (Wildman–Crippen MR) is 249 cm³/mol. The molecule has 3 heterocycles. The zero-order valence-electron chi connectivity index (χ0n) is 32.5. The van der Waals surface area contributed by atoms with E-state index >= 15 is 0 Å². The van der Waals surface area contributed by atoms with E-state index < -0.39 is 8.07 Å². The summed E-state index contributed by atoms with van der Waals surface area (Å²) < 4.78 is 4.89. The molecule has 59 heavy (non-hydrogen) atoms. The summed E-state index contributed by atoms with van der Waals surface area (Å²) >= 11 is 0. The third kappa shape index (κ3) is 4.97. The summed E-state index contributed by atoms with van der Waals surface area (Å²) in [5.41, 5.74) is 12.6. The monoisotopic (exact) mass is 769 g/mol. The van der Waals surface area contributed by atoms with Crippen LogP contribution in [-0.2, 0) is 0 Å². The molecule has 0 fully saturated rings. The zero-order chi connectivity index (χ0) is 38.9. The highest BCUT2D eigenvalue weighted by Crippen LogP contribution is 2.46. The van der Waals surface area contributed by atoms with Gasteiger partial charge in [-0.15, -0.1) is 0 Å². The van der Waals surface area contributed by atoms with E-state index in [-0.39, 0.29) is 0 Å². The van der Waals surface area contributed by atoms with Gasteiger partial charge in [-0.05, 0) is 86.7 Å². The lowest BCUT2D eigenvalue weighted by molar-refractivity contribution is 1.03. The number of allylic oxidation sites excluding steroid dienone is 4. The van der Waals surface area contributed by atoms with E-state index in [1.54, 1.807) is 0 Å². The standard InChI is InChI=1S/C55H39N3Si/c1-4-20-39(21-5-1)59(40-22-6-2-7-23-40,41-24-8-3-9-25-41)42-26-18-19-38(37-42)57-50-33-16-15-31-47(50)48-35-36-52-53(54(48)57)56-55-49-32-13-12-29-45(49)43-27-10-11-28-44(43)46-30-14-17-34-51(46)58(52)55/h1-2,4-8,10-37H,3,9H2. The van der Waals surface area contributed by atoms with Crippen LogP contribution < -0.4 is 15.6 Å². The van der Waals surface area contributed by atoms with Crippen molar-refractivity contribution in [1.29, 1.82) is 0 Å². The highest BCUT2D eigenvalue weighted by Gasteiger charge is 2.42. The van der Waals surface area contributed by atoms with Crippen LogP contribution >= 0.6 is 0 Å². The van der Waals surface area contributed by atoms with Crippen molar-refractivity contribution < 1.29 is 0 Å². The van der Waals surface area contributed by atoms with Gasteiger partial charge in [0.1, 0.15) is 11.3 Å². The van der Waals surface area contributed by atoms with Crippen LogP contribution in [0.25, 0.3) is 77.9 Å². The molecule has 278 valence electrons. The number of para-hydroxylation sites is 2. The van der Waals surface area contributed by atoms with Gasteiger partial charge in [0.15, 0.2) is 8.07 Å². The van der Waals surface area contributed by atoms with Gasteiger partial charge in [-0.3, -0.25) is 4.57 Å². The molecule has 3 nitrogen and oxygen atoms in total. The van der Waals surface area contributed by atoms with Crippen molar-refractivity contribution in [2.75, 3.05) is 0 Å². The maximum Gasteiger partial charge on any atom is 0.179 e. The Labute approximate surface area is 344 Å². The molecule has 4 heteroatoms. The summed E-state index contributed by atoms with van der Waals surface area (Å²) in [4.78, 5) is 5.75. The molecule has 12 rings (SSSR count). The average Bonchev–Trinajstić information content (AvgIpc) is 3.86. The van der Waals surface area contributed by atoms with Gasteiger partial charge >= 0.3 is 0 Å². The quantitative estimate of drug-likeness (QED) is 0.126. The second-order valence-corrected chi connectivity index (χ2v) is 19.5. The Balaban J connectivity index is 1.19. The van der Waals surface area contributed by atoms with Crippen LogP contribution in [0.1, 0.15) is 12.8 Å². The molecule has 0 atom stereocenters. The molecule has 0 saturated heterocycles. The molecular formula is C55H39N3Si. The normalized spacial score (nSPS) is 13.3. The van der Waals surface area contributed by atoms with E-state index in [0.717, 1.165) is 52.2 Å². The van der Waals surface area contributed by atoms with Crippen molar-refractivity contribution in [1.82, 2.24) is 14.1 Å². The topological polar surface area (TPSA) is 22.8 Å². The van der Waals surface area contributed by atoms with E-state index in [0.29, 0.717) is 0 Å². The molecule has 0 saturated carbocycles. The maximum absolute atomic E-state index is 5.75. The number of imidazole rings is 1. The lowest BCUT2D eigenvalue weighted by atomic mass is 9.89. The average molecular weight is 770 g/mol. The summed E-state index contributed by atoms with van der Waals surface area (Å²) in [6, 6.07) is 71.8. The summed E-state index contributed by atoms with van der Waals surface area (Å²) in [5.74, 6) is 0.950. The maximum atomic E-state index is 5.75. The smallest absolute Gasteiger partial charge is 0.179 e. The fourth-order valence-electron chi connectivity index (χ4n) is 10.2. The van der Waals surface area contributed by atoms with Crippen molar-refractivity contribution in [2.45, 2.75) is 12.8 Å². The number of benzene rings is 8. The number of hydrogen-bond donors (Lipinski definition) is 0. The summed E-state index contributed by atoms with van der Waals surface area (Å²) in [7, 11) is -2.74. The van der Waals surface area contributed by atoms with E-state index in [9.17, 15) is 0 Å². The first kappa shape index (κ1) is 33.8. The Bertz CT molecular complexity index is 3290. The molecule has 0 N–H and O–H groups in total. The Kier molecular flexibility index (Phi) is 7.69. The van der Waals surface area contributed by atoms with E-state index in [4.69, 9.17) is 4.98 Å². The van der Waals surface area contributed by atoms with Gasteiger partial charge in [-0.2, -0.15) is 0 Å². The molecule has 0 bridgehead atoms. The highest BCUT2D eigenvalue weighted by molar-refractivity contribution is 7.16. The van der Waals surface area contributed by atoms with Crippen LogP contribution in [0.3, 0.4) is 0 Å². The molecule has 10 aromatic rings. The van der Waals surface area contributed by atoms with Gasteiger partial charge in [0.25, 0.3) is 0 Å². The minimum Gasteiger partial charge on any atom is -0.307 e. The minimum absolute atomic E-state index is 0.950. The van der Waals surface area contributed by atoms with E-state index in [2.05, 4.69) is 221 Å². The first-order valence-corrected chi connectivity index (χ1v) is 22.6. The second-order valence-electron chi connectivity index (χ2n) is 15.7. The van der Waals surface area contributed by atoms with Gasteiger partial charge in [-0.1, -0.05) is 176 Å². The molecular weight excluding hydrogens is 731 g/mol. The van der Waals surface area contributed by atoms with Crippen molar-refractivity contribution in [3.8, 4) is 45.0 Å². The largest absolute Gasteiger partial charge is 0.307 e. The Morgan fingerprint density at radius 2 is 1.05 bits per heavy atom. The van der Waals surface area contributed by atoms with Crippen molar-refractivity contribution in [2.24, 2.45) is 0 Å². The lowest BCUT2D eigenvalue weighted by Crippen LogP contribution is -2.68.